The standard InChI is InChI=1S/C15H25N3O2/c1-17-15(19)8-10-18(2)9-5-11-20-14-7-4-3-6-13(14)12-16/h3-4,6-7H,5,8-12,16H2,1-2H3,(H,17,19). The maximum Gasteiger partial charge on any atom is 0.221 e. The Morgan fingerprint density at radius 1 is 1.35 bits per heavy atom. The van der Waals surface area contributed by atoms with Crippen LogP contribution in [0, 0.1) is 0 Å². The minimum Gasteiger partial charge on any atom is -0.493 e. The van der Waals surface area contributed by atoms with Gasteiger partial charge in [-0.25, -0.2) is 0 Å². The lowest BCUT2D eigenvalue weighted by molar-refractivity contribution is -0.120. The quantitative estimate of drug-likeness (QED) is 0.661. The second kappa shape index (κ2) is 9.34. The topological polar surface area (TPSA) is 67.6 Å². The lowest BCUT2D eigenvalue weighted by atomic mass is 10.2. The van der Waals surface area contributed by atoms with E-state index in [4.69, 9.17) is 10.5 Å². The van der Waals surface area contributed by atoms with Gasteiger partial charge in [-0.05, 0) is 19.5 Å². The number of carbonyl (C=O) groups excluding carboxylic acids is 1. The van der Waals surface area contributed by atoms with Crippen LogP contribution in [0.1, 0.15) is 18.4 Å². The van der Waals surface area contributed by atoms with Gasteiger partial charge >= 0.3 is 0 Å². The molecule has 0 bridgehead atoms. The first-order valence-corrected chi connectivity index (χ1v) is 6.97. The summed E-state index contributed by atoms with van der Waals surface area (Å²) in [6, 6.07) is 7.83. The van der Waals surface area contributed by atoms with Gasteiger partial charge in [0.1, 0.15) is 5.75 Å². The highest BCUT2D eigenvalue weighted by molar-refractivity contribution is 5.75. The van der Waals surface area contributed by atoms with Gasteiger partial charge in [-0.15, -0.1) is 0 Å². The molecule has 20 heavy (non-hydrogen) atoms. The van der Waals surface area contributed by atoms with Crippen LogP contribution in [-0.4, -0.2) is 44.6 Å². The van der Waals surface area contributed by atoms with Gasteiger partial charge in [0.25, 0.3) is 0 Å². The van der Waals surface area contributed by atoms with Gasteiger partial charge in [-0.2, -0.15) is 0 Å². The maximum atomic E-state index is 11.1. The molecule has 5 heteroatoms. The smallest absolute Gasteiger partial charge is 0.221 e. The molecule has 0 aliphatic carbocycles. The largest absolute Gasteiger partial charge is 0.493 e. The summed E-state index contributed by atoms with van der Waals surface area (Å²) >= 11 is 0. The molecule has 0 unspecified atom stereocenters. The number of ether oxygens (including phenoxy) is 1. The predicted octanol–water partition coefficient (Wildman–Crippen LogP) is 0.982. The number of hydrogen-bond acceptors (Lipinski definition) is 4. The van der Waals surface area contributed by atoms with Crippen molar-refractivity contribution in [2.75, 3.05) is 33.8 Å². The van der Waals surface area contributed by atoms with Crippen LogP contribution >= 0.6 is 0 Å². The van der Waals surface area contributed by atoms with E-state index in [1.165, 1.54) is 0 Å². The van der Waals surface area contributed by atoms with Gasteiger partial charge in [0, 0.05) is 38.7 Å². The maximum absolute atomic E-state index is 11.1. The number of hydrogen-bond donors (Lipinski definition) is 2. The lowest BCUT2D eigenvalue weighted by Crippen LogP contribution is -2.27. The van der Waals surface area contributed by atoms with E-state index < -0.39 is 0 Å². The Morgan fingerprint density at radius 3 is 2.80 bits per heavy atom. The summed E-state index contributed by atoms with van der Waals surface area (Å²) < 4.78 is 5.74. The molecular formula is C15H25N3O2. The average molecular weight is 279 g/mol. The molecule has 0 saturated heterocycles. The van der Waals surface area contributed by atoms with Crippen LogP contribution in [0.3, 0.4) is 0 Å². The van der Waals surface area contributed by atoms with E-state index in [9.17, 15) is 4.79 Å². The van der Waals surface area contributed by atoms with Crippen molar-refractivity contribution in [3.05, 3.63) is 29.8 Å². The van der Waals surface area contributed by atoms with Crippen LogP contribution in [0.5, 0.6) is 5.75 Å². The number of para-hydroxylation sites is 1. The third-order valence-corrected chi connectivity index (χ3v) is 3.13. The monoisotopic (exact) mass is 279 g/mol. The number of nitrogens with zero attached hydrogens (tertiary/aromatic N) is 1. The van der Waals surface area contributed by atoms with Gasteiger partial charge in [0.2, 0.25) is 5.91 Å². The van der Waals surface area contributed by atoms with Gasteiger partial charge < -0.3 is 20.7 Å². The van der Waals surface area contributed by atoms with E-state index in [0.717, 1.165) is 30.8 Å². The molecule has 1 rings (SSSR count). The van der Waals surface area contributed by atoms with Crippen molar-refractivity contribution in [2.45, 2.75) is 19.4 Å². The zero-order chi connectivity index (χ0) is 14.8. The Kier molecular flexibility index (Phi) is 7.69. The Bertz CT molecular complexity index is 410. The van der Waals surface area contributed by atoms with E-state index in [1.807, 2.05) is 31.3 Å². The molecule has 1 aromatic carbocycles. The summed E-state index contributed by atoms with van der Waals surface area (Å²) in [5.41, 5.74) is 6.69. The average Bonchev–Trinajstić information content (AvgIpc) is 2.49. The summed E-state index contributed by atoms with van der Waals surface area (Å²) in [5.74, 6) is 0.938. The zero-order valence-electron chi connectivity index (χ0n) is 12.4. The summed E-state index contributed by atoms with van der Waals surface area (Å²) in [5, 5.41) is 2.62. The van der Waals surface area contributed by atoms with Crippen molar-refractivity contribution < 1.29 is 9.53 Å². The van der Waals surface area contributed by atoms with E-state index in [-0.39, 0.29) is 5.91 Å². The Morgan fingerprint density at radius 2 is 2.10 bits per heavy atom. The first-order chi connectivity index (χ1) is 9.67. The molecule has 0 aliphatic rings. The van der Waals surface area contributed by atoms with Crippen molar-refractivity contribution in [1.82, 2.24) is 10.2 Å². The van der Waals surface area contributed by atoms with Crippen molar-refractivity contribution in [2.24, 2.45) is 5.73 Å². The van der Waals surface area contributed by atoms with Crippen LogP contribution in [0.4, 0.5) is 0 Å². The highest BCUT2D eigenvalue weighted by atomic mass is 16.5. The Hall–Kier alpha value is -1.59. The normalized spacial score (nSPS) is 10.6. The molecule has 3 N–H and O–H groups in total. The molecule has 0 heterocycles. The minimum absolute atomic E-state index is 0.0740. The van der Waals surface area contributed by atoms with Crippen molar-refractivity contribution in [3.63, 3.8) is 0 Å². The van der Waals surface area contributed by atoms with E-state index in [2.05, 4.69) is 10.2 Å². The van der Waals surface area contributed by atoms with Crippen molar-refractivity contribution in [1.29, 1.82) is 0 Å². The Balaban J connectivity index is 2.19. The fourth-order valence-electron chi connectivity index (χ4n) is 1.86. The van der Waals surface area contributed by atoms with Gasteiger partial charge in [-0.3, -0.25) is 4.79 Å². The van der Waals surface area contributed by atoms with Crippen molar-refractivity contribution in [3.8, 4) is 5.75 Å². The first-order valence-electron chi connectivity index (χ1n) is 6.97. The molecule has 0 radical (unpaired) electrons. The van der Waals surface area contributed by atoms with Crippen molar-refractivity contribution >= 4 is 5.91 Å². The summed E-state index contributed by atoms with van der Waals surface area (Å²) in [4.78, 5) is 13.3. The lowest BCUT2D eigenvalue weighted by Gasteiger charge is -2.16. The molecule has 0 atom stereocenters. The first kappa shape index (κ1) is 16.5. The molecule has 0 saturated carbocycles. The molecule has 0 fully saturated rings. The molecule has 5 nitrogen and oxygen atoms in total. The summed E-state index contributed by atoms with van der Waals surface area (Å²) in [6.07, 6.45) is 1.45. The van der Waals surface area contributed by atoms with E-state index in [1.54, 1.807) is 7.05 Å². The fourth-order valence-corrected chi connectivity index (χ4v) is 1.86. The van der Waals surface area contributed by atoms with Crippen LogP contribution in [0.25, 0.3) is 0 Å². The number of rotatable bonds is 9. The molecule has 1 amide bonds. The van der Waals surface area contributed by atoms with E-state index >= 15 is 0 Å². The van der Waals surface area contributed by atoms with Gasteiger partial charge in [-0.1, -0.05) is 18.2 Å². The van der Waals surface area contributed by atoms with Gasteiger partial charge in [0.15, 0.2) is 0 Å². The number of amides is 1. The fraction of sp³-hybridized carbons (Fsp3) is 0.533. The molecule has 112 valence electrons. The van der Waals surface area contributed by atoms with Crippen LogP contribution in [-0.2, 0) is 11.3 Å². The second-order valence-electron chi connectivity index (χ2n) is 4.74. The highest BCUT2D eigenvalue weighted by Gasteiger charge is 2.04. The summed E-state index contributed by atoms with van der Waals surface area (Å²) in [6.45, 7) is 2.81. The minimum atomic E-state index is 0.0740. The number of benzene rings is 1. The zero-order valence-corrected chi connectivity index (χ0v) is 12.4. The van der Waals surface area contributed by atoms with E-state index in [0.29, 0.717) is 19.6 Å². The molecule has 1 aromatic rings. The second-order valence-corrected chi connectivity index (χ2v) is 4.74. The number of nitrogens with two attached hydrogens (primary N) is 1. The predicted molar refractivity (Wildman–Crippen MR) is 80.6 cm³/mol. The number of nitrogens with one attached hydrogen (secondary N) is 1. The van der Waals surface area contributed by atoms with Crippen LogP contribution < -0.4 is 15.8 Å². The third kappa shape index (κ3) is 6.04. The molecular weight excluding hydrogens is 254 g/mol. The summed E-state index contributed by atoms with van der Waals surface area (Å²) in [7, 11) is 3.67. The molecule has 0 spiro atoms. The number of carbonyl (C=O) groups is 1. The molecule has 0 aliphatic heterocycles. The SMILES string of the molecule is CNC(=O)CCN(C)CCCOc1ccccc1CN. The molecule has 0 aromatic heterocycles. The van der Waals surface area contributed by atoms with Crippen LogP contribution in [0.2, 0.25) is 0 Å². The third-order valence-electron chi connectivity index (χ3n) is 3.13. The highest BCUT2D eigenvalue weighted by Crippen LogP contribution is 2.17. The van der Waals surface area contributed by atoms with Crippen LogP contribution in [0.15, 0.2) is 24.3 Å². The van der Waals surface area contributed by atoms with Gasteiger partial charge in [0.05, 0.1) is 6.61 Å². The Labute approximate surface area is 121 Å².